The minimum absolute atomic E-state index is 0.0378. The monoisotopic (exact) mass is 501 g/mol. The van der Waals surface area contributed by atoms with Crippen LogP contribution in [-0.4, -0.2) is 32.2 Å². The maximum absolute atomic E-state index is 13.0. The molecular formula is C19H16ClF4N7OS. The number of nitrogen functional groups attached to an aromatic ring is 1. The van der Waals surface area contributed by atoms with Gasteiger partial charge in [-0.05, 0) is 42.8 Å². The van der Waals surface area contributed by atoms with Crippen LogP contribution in [0.2, 0.25) is 5.02 Å². The summed E-state index contributed by atoms with van der Waals surface area (Å²) in [5, 5.41) is 14.2. The Balaban J connectivity index is 1.60. The molecule has 0 radical (unpaired) electrons. The van der Waals surface area contributed by atoms with Crippen LogP contribution in [0.1, 0.15) is 18.1 Å². The van der Waals surface area contributed by atoms with E-state index in [-0.39, 0.29) is 33.4 Å². The van der Waals surface area contributed by atoms with Crippen LogP contribution in [0, 0.1) is 5.82 Å². The SMILES string of the molecule is C/C(=N\Nc1nnc(SCC(=O)Nc2cc(C(F)(F)F)ccc2Cl)n1N)c1ccc(F)cc1. The van der Waals surface area contributed by atoms with Crippen molar-refractivity contribution in [3.8, 4) is 0 Å². The molecule has 14 heteroatoms. The van der Waals surface area contributed by atoms with Crippen molar-refractivity contribution in [3.63, 3.8) is 0 Å². The van der Waals surface area contributed by atoms with Crippen molar-refractivity contribution in [2.24, 2.45) is 5.10 Å². The van der Waals surface area contributed by atoms with Crippen LogP contribution in [0.3, 0.4) is 0 Å². The van der Waals surface area contributed by atoms with Gasteiger partial charge in [0.1, 0.15) is 5.82 Å². The van der Waals surface area contributed by atoms with Crippen LogP contribution in [-0.2, 0) is 11.0 Å². The van der Waals surface area contributed by atoms with Crippen molar-refractivity contribution in [2.45, 2.75) is 18.3 Å². The first-order valence-corrected chi connectivity index (χ1v) is 10.5. The van der Waals surface area contributed by atoms with Crippen LogP contribution >= 0.6 is 23.4 Å². The predicted octanol–water partition coefficient (Wildman–Crippen LogP) is 4.37. The molecule has 0 saturated heterocycles. The Morgan fingerprint density at radius 1 is 1.21 bits per heavy atom. The minimum atomic E-state index is -4.57. The van der Waals surface area contributed by atoms with Crippen molar-refractivity contribution in [2.75, 3.05) is 22.3 Å². The first-order chi connectivity index (χ1) is 15.5. The van der Waals surface area contributed by atoms with Gasteiger partial charge in [0.05, 0.1) is 27.7 Å². The largest absolute Gasteiger partial charge is 0.416 e. The molecule has 1 amide bonds. The topological polar surface area (TPSA) is 110 Å². The van der Waals surface area contributed by atoms with Crippen molar-refractivity contribution < 1.29 is 22.4 Å². The smallest absolute Gasteiger partial charge is 0.334 e. The van der Waals surface area contributed by atoms with Gasteiger partial charge >= 0.3 is 6.18 Å². The normalized spacial score (nSPS) is 12.0. The summed E-state index contributed by atoms with van der Waals surface area (Å²) >= 11 is 6.77. The minimum Gasteiger partial charge on any atom is -0.334 e. The quantitative estimate of drug-likeness (QED) is 0.146. The average molecular weight is 502 g/mol. The van der Waals surface area contributed by atoms with Crippen molar-refractivity contribution in [1.82, 2.24) is 14.9 Å². The predicted molar refractivity (Wildman–Crippen MR) is 118 cm³/mol. The van der Waals surface area contributed by atoms with Crippen LogP contribution in [0.25, 0.3) is 0 Å². The van der Waals surface area contributed by atoms with E-state index in [9.17, 15) is 22.4 Å². The molecule has 8 nitrogen and oxygen atoms in total. The first-order valence-electron chi connectivity index (χ1n) is 9.10. The summed E-state index contributed by atoms with van der Waals surface area (Å²) in [6.07, 6.45) is -4.57. The Hall–Kier alpha value is -3.32. The van der Waals surface area contributed by atoms with Crippen molar-refractivity contribution in [3.05, 3.63) is 64.4 Å². The van der Waals surface area contributed by atoms with E-state index in [2.05, 4.69) is 26.0 Å². The number of aromatic nitrogens is 3. The number of thioether (sulfide) groups is 1. The van der Waals surface area contributed by atoms with Crippen LogP contribution in [0.5, 0.6) is 0 Å². The van der Waals surface area contributed by atoms with Gasteiger partial charge in [0.15, 0.2) is 0 Å². The van der Waals surface area contributed by atoms with Crippen LogP contribution in [0.15, 0.2) is 52.7 Å². The van der Waals surface area contributed by atoms with E-state index < -0.39 is 17.6 Å². The molecule has 174 valence electrons. The highest BCUT2D eigenvalue weighted by molar-refractivity contribution is 7.99. The number of nitrogens with two attached hydrogens (primary N) is 1. The highest BCUT2D eigenvalue weighted by atomic mass is 35.5. The fraction of sp³-hybridized carbons (Fsp3) is 0.158. The second-order valence-corrected chi connectivity index (χ2v) is 7.87. The molecule has 0 aliphatic heterocycles. The second-order valence-electron chi connectivity index (χ2n) is 6.52. The number of carbonyl (C=O) groups excluding carboxylic acids is 1. The Labute approximate surface area is 194 Å². The molecule has 0 aliphatic rings. The third-order valence-electron chi connectivity index (χ3n) is 4.15. The molecule has 0 spiro atoms. The van der Waals surface area contributed by atoms with Gasteiger partial charge in [-0.1, -0.05) is 35.5 Å². The Kier molecular flexibility index (Phi) is 7.43. The zero-order valence-corrected chi connectivity index (χ0v) is 18.4. The highest BCUT2D eigenvalue weighted by Gasteiger charge is 2.31. The number of nitrogens with one attached hydrogen (secondary N) is 2. The number of rotatable bonds is 7. The molecule has 0 bridgehead atoms. The summed E-state index contributed by atoms with van der Waals surface area (Å²) < 4.78 is 52.6. The van der Waals surface area contributed by atoms with Gasteiger partial charge in [-0.25, -0.2) is 14.5 Å². The lowest BCUT2D eigenvalue weighted by Crippen LogP contribution is -2.17. The zero-order valence-electron chi connectivity index (χ0n) is 16.8. The molecule has 2 aromatic carbocycles. The van der Waals surface area contributed by atoms with E-state index in [1.54, 1.807) is 19.1 Å². The molecule has 0 saturated carbocycles. The molecule has 4 N–H and O–H groups in total. The number of anilines is 2. The Morgan fingerprint density at radius 3 is 2.58 bits per heavy atom. The molecule has 0 unspecified atom stereocenters. The molecule has 1 aromatic heterocycles. The maximum Gasteiger partial charge on any atom is 0.416 e. The maximum atomic E-state index is 13.0. The van der Waals surface area contributed by atoms with Gasteiger partial charge < -0.3 is 11.2 Å². The number of halogens is 5. The van der Waals surface area contributed by atoms with E-state index in [1.807, 2.05) is 0 Å². The van der Waals surface area contributed by atoms with E-state index in [0.717, 1.165) is 34.6 Å². The van der Waals surface area contributed by atoms with Crippen molar-refractivity contribution >= 4 is 46.6 Å². The van der Waals surface area contributed by atoms with Gasteiger partial charge in [-0.15, -0.1) is 10.2 Å². The van der Waals surface area contributed by atoms with E-state index in [0.29, 0.717) is 11.3 Å². The summed E-state index contributed by atoms with van der Waals surface area (Å²) in [6, 6.07) is 8.33. The number of hydrazone groups is 1. The molecular weight excluding hydrogens is 486 g/mol. The summed E-state index contributed by atoms with van der Waals surface area (Å²) in [4.78, 5) is 12.2. The van der Waals surface area contributed by atoms with E-state index in [1.165, 1.54) is 12.1 Å². The van der Waals surface area contributed by atoms with Crippen molar-refractivity contribution in [1.29, 1.82) is 0 Å². The molecule has 3 aromatic rings. The third-order valence-corrected chi connectivity index (χ3v) is 5.42. The summed E-state index contributed by atoms with van der Waals surface area (Å²) in [6.45, 7) is 1.69. The lowest BCUT2D eigenvalue weighted by molar-refractivity contribution is -0.137. The lowest BCUT2D eigenvalue weighted by Gasteiger charge is -2.11. The third kappa shape index (κ3) is 6.35. The second kappa shape index (κ2) is 10.1. The Bertz CT molecular complexity index is 1180. The molecule has 3 rings (SSSR count). The number of amides is 1. The Morgan fingerprint density at radius 2 is 1.91 bits per heavy atom. The highest BCUT2D eigenvalue weighted by Crippen LogP contribution is 2.34. The molecule has 1 heterocycles. The van der Waals surface area contributed by atoms with E-state index in [4.69, 9.17) is 17.4 Å². The molecule has 33 heavy (non-hydrogen) atoms. The lowest BCUT2D eigenvalue weighted by atomic mass is 10.1. The fourth-order valence-electron chi connectivity index (χ4n) is 2.46. The molecule has 0 fully saturated rings. The summed E-state index contributed by atoms with van der Waals surface area (Å²) in [5.41, 5.74) is 2.72. The van der Waals surface area contributed by atoms with Gasteiger partial charge in [0, 0.05) is 0 Å². The van der Waals surface area contributed by atoms with Crippen LogP contribution in [0.4, 0.5) is 29.2 Å². The average Bonchev–Trinajstić information content (AvgIpc) is 3.11. The number of benzene rings is 2. The number of hydrogen-bond donors (Lipinski definition) is 3. The van der Waals surface area contributed by atoms with Gasteiger partial charge in [-0.2, -0.15) is 18.3 Å². The molecule has 0 atom stereocenters. The summed E-state index contributed by atoms with van der Waals surface area (Å²) in [5.74, 6) is 4.74. The van der Waals surface area contributed by atoms with Gasteiger partial charge in [0.25, 0.3) is 5.95 Å². The number of hydrogen-bond acceptors (Lipinski definition) is 7. The number of carbonyl (C=O) groups is 1. The number of nitrogens with zero attached hydrogens (tertiary/aromatic N) is 4. The fourth-order valence-corrected chi connectivity index (χ4v) is 3.28. The standard InChI is InChI=1S/C19H16ClF4N7OS/c1-10(11-2-5-13(21)6-3-11)27-28-17-29-30-18(31(17)25)33-9-16(32)26-15-8-12(19(22,23)24)4-7-14(15)20/h2-8H,9,25H2,1H3,(H,26,32)(H,28,29)/b27-10+. The first kappa shape index (κ1) is 24.3. The van der Waals surface area contributed by atoms with Gasteiger partial charge in [-0.3, -0.25) is 4.79 Å². The molecule has 0 aliphatic carbocycles. The van der Waals surface area contributed by atoms with Crippen LogP contribution < -0.4 is 16.6 Å². The zero-order chi connectivity index (χ0) is 24.2. The van der Waals surface area contributed by atoms with E-state index >= 15 is 0 Å². The number of alkyl halides is 3. The van der Waals surface area contributed by atoms with Gasteiger partial charge in [0.2, 0.25) is 11.1 Å². The summed E-state index contributed by atoms with van der Waals surface area (Å²) in [7, 11) is 0.